The normalized spacial score (nSPS) is 12.1. The van der Waals surface area contributed by atoms with Crippen LogP contribution in [-0.2, 0) is 14.8 Å². The van der Waals surface area contributed by atoms with Crippen molar-refractivity contribution in [1.29, 1.82) is 0 Å². The first-order valence-electron chi connectivity index (χ1n) is 11.4. The summed E-state index contributed by atoms with van der Waals surface area (Å²) >= 11 is 0. The first-order chi connectivity index (χ1) is 17.2. The van der Waals surface area contributed by atoms with Crippen molar-refractivity contribution >= 4 is 21.8 Å². The third kappa shape index (κ3) is 7.14. The van der Waals surface area contributed by atoms with E-state index in [2.05, 4.69) is 10.0 Å². The molecule has 36 heavy (non-hydrogen) atoms. The molecule has 3 aromatic carbocycles. The predicted octanol–water partition coefficient (Wildman–Crippen LogP) is 3.11. The van der Waals surface area contributed by atoms with Gasteiger partial charge in [-0.3, -0.25) is 14.8 Å². The monoisotopic (exact) mass is 511 g/mol. The van der Waals surface area contributed by atoms with Gasteiger partial charge in [-0.25, -0.2) is 13.9 Å². The van der Waals surface area contributed by atoms with Crippen LogP contribution in [0.25, 0.3) is 11.1 Å². The van der Waals surface area contributed by atoms with Crippen LogP contribution in [0.2, 0.25) is 0 Å². The average molecular weight is 512 g/mol. The van der Waals surface area contributed by atoms with E-state index in [0.29, 0.717) is 11.3 Å². The molecule has 4 N–H and O–H groups in total. The smallest absolute Gasteiger partial charge is 0.261 e. The number of hydrogen-bond donors (Lipinski definition) is 4. The number of benzene rings is 3. The molecule has 0 bridgehead atoms. The van der Waals surface area contributed by atoms with Crippen molar-refractivity contribution in [1.82, 2.24) is 15.5 Å². The fraction of sp³-hybridized carbons (Fsp3) is 0.231. The molecule has 10 heteroatoms. The predicted molar refractivity (Wildman–Crippen MR) is 135 cm³/mol. The van der Waals surface area contributed by atoms with Crippen molar-refractivity contribution < 1.29 is 28.0 Å². The lowest BCUT2D eigenvalue weighted by Crippen LogP contribution is -2.47. The molecule has 0 fully saturated rings. The average Bonchev–Trinajstić information content (AvgIpc) is 2.88. The Balaban J connectivity index is 1.79. The molecular formula is C26H29N3O6S. The van der Waals surface area contributed by atoms with Crippen LogP contribution >= 0.6 is 0 Å². The highest BCUT2D eigenvalue weighted by Gasteiger charge is 2.27. The molecule has 0 spiro atoms. The van der Waals surface area contributed by atoms with Gasteiger partial charge >= 0.3 is 0 Å². The Morgan fingerprint density at radius 1 is 0.944 bits per heavy atom. The van der Waals surface area contributed by atoms with Crippen LogP contribution in [0.1, 0.15) is 30.6 Å². The van der Waals surface area contributed by atoms with E-state index in [9.17, 15) is 18.0 Å². The summed E-state index contributed by atoms with van der Waals surface area (Å²) in [5.41, 5.74) is 3.48. The summed E-state index contributed by atoms with van der Waals surface area (Å²) in [5, 5.41) is 11.8. The highest BCUT2D eigenvalue weighted by Crippen LogP contribution is 2.33. The number of amides is 2. The van der Waals surface area contributed by atoms with Gasteiger partial charge in [0.1, 0.15) is 11.8 Å². The largest absolute Gasteiger partial charge is 0.490 e. The van der Waals surface area contributed by atoms with E-state index in [1.165, 1.54) is 17.6 Å². The molecular weight excluding hydrogens is 482 g/mol. The lowest BCUT2D eigenvalue weighted by Gasteiger charge is -2.19. The van der Waals surface area contributed by atoms with Crippen LogP contribution in [0, 0.1) is 0 Å². The zero-order valence-electron chi connectivity index (χ0n) is 20.0. The second-order valence-corrected chi connectivity index (χ2v) is 9.97. The zero-order valence-corrected chi connectivity index (χ0v) is 20.8. The van der Waals surface area contributed by atoms with Crippen molar-refractivity contribution in [3.63, 3.8) is 0 Å². The lowest BCUT2D eigenvalue weighted by atomic mass is 10.0. The molecule has 3 rings (SSSR count). The number of sulfonamides is 1. The summed E-state index contributed by atoms with van der Waals surface area (Å²) in [4.78, 5) is 24.3. The van der Waals surface area contributed by atoms with Crippen molar-refractivity contribution in [2.75, 3.05) is 6.54 Å². The van der Waals surface area contributed by atoms with Crippen molar-refractivity contribution in [2.24, 2.45) is 0 Å². The second-order valence-electron chi connectivity index (χ2n) is 8.25. The molecule has 0 aliphatic rings. The standard InChI is InChI=1S/C26H29N3O6S/c1-18(2)35-24-17-21(13-14-22(24)19-9-5-3-6-10-19)36(33,34)29-23(26(31)28-32)15-16-27-25(30)20-11-7-4-8-12-20/h3-14,17-18,23,29,32H,15-16H2,1-2H3,(H,27,30)(H,28,31)/t23-/m1/s1. The van der Waals surface area contributed by atoms with Crippen LogP contribution < -0.4 is 20.3 Å². The highest BCUT2D eigenvalue weighted by atomic mass is 32.2. The number of hydroxylamine groups is 1. The van der Waals surface area contributed by atoms with Gasteiger partial charge < -0.3 is 10.1 Å². The minimum Gasteiger partial charge on any atom is -0.490 e. The first-order valence-corrected chi connectivity index (χ1v) is 12.8. The lowest BCUT2D eigenvalue weighted by molar-refractivity contribution is -0.131. The Morgan fingerprint density at radius 3 is 2.19 bits per heavy atom. The molecule has 0 radical (unpaired) electrons. The third-order valence-electron chi connectivity index (χ3n) is 5.19. The molecule has 1 atom stereocenters. The SMILES string of the molecule is CC(C)Oc1cc(S(=O)(=O)N[C@H](CCNC(=O)c2ccccc2)C(=O)NO)ccc1-c1ccccc1. The molecule has 3 aromatic rings. The first kappa shape index (κ1) is 26.9. The number of hydrogen-bond acceptors (Lipinski definition) is 6. The Hall–Kier alpha value is -3.73. The van der Waals surface area contributed by atoms with Crippen LogP contribution in [0.5, 0.6) is 5.75 Å². The molecule has 9 nitrogen and oxygen atoms in total. The Bertz CT molecular complexity index is 1280. The maximum absolute atomic E-state index is 13.2. The third-order valence-corrected chi connectivity index (χ3v) is 6.66. The van der Waals surface area contributed by atoms with Crippen molar-refractivity contribution in [2.45, 2.75) is 37.3 Å². The number of nitrogens with one attached hydrogen (secondary N) is 3. The van der Waals surface area contributed by atoms with E-state index >= 15 is 0 Å². The fourth-order valence-electron chi connectivity index (χ4n) is 3.48. The maximum atomic E-state index is 13.2. The van der Waals surface area contributed by atoms with E-state index in [0.717, 1.165) is 11.1 Å². The van der Waals surface area contributed by atoms with Gasteiger partial charge in [-0.15, -0.1) is 0 Å². The molecule has 0 aliphatic carbocycles. The molecule has 0 heterocycles. The fourth-order valence-corrected chi connectivity index (χ4v) is 4.72. The molecule has 0 saturated carbocycles. The van der Waals surface area contributed by atoms with Gasteiger partial charge in [0.05, 0.1) is 11.0 Å². The molecule has 190 valence electrons. The van der Waals surface area contributed by atoms with Gasteiger partial charge in [-0.1, -0.05) is 48.5 Å². The van der Waals surface area contributed by atoms with E-state index < -0.39 is 22.0 Å². The molecule has 0 aromatic heterocycles. The number of ether oxygens (including phenoxy) is 1. The highest BCUT2D eigenvalue weighted by molar-refractivity contribution is 7.89. The van der Waals surface area contributed by atoms with E-state index in [1.807, 2.05) is 44.2 Å². The molecule has 0 unspecified atom stereocenters. The van der Waals surface area contributed by atoms with Crippen LogP contribution in [0.4, 0.5) is 0 Å². The Morgan fingerprint density at radius 2 is 1.58 bits per heavy atom. The Labute approximate surface area is 210 Å². The minimum atomic E-state index is -4.19. The van der Waals surface area contributed by atoms with Gasteiger partial charge in [0.15, 0.2) is 0 Å². The molecule has 0 aliphatic heterocycles. The van der Waals surface area contributed by atoms with Gasteiger partial charge in [0.2, 0.25) is 10.0 Å². The van der Waals surface area contributed by atoms with E-state index in [4.69, 9.17) is 9.94 Å². The van der Waals surface area contributed by atoms with Crippen LogP contribution in [0.3, 0.4) is 0 Å². The molecule has 2 amide bonds. The number of carbonyl (C=O) groups is 2. The zero-order chi connectivity index (χ0) is 26.1. The summed E-state index contributed by atoms with van der Waals surface area (Å²) < 4.78 is 34.5. The van der Waals surface area contributed by atoms with E-state index in [-0.39, 0.29) is 29.9 Å². The van der Waals surface area contributed by atoms with Crippen molar-refractivity contribution in [3.8, 4) is 16.9 Å². The minimum absolute atomic E-state index is 0.0109. The van der Waals surface area contributed by atoms with Gasteiger partial charge in [-0.05, 0) is 50.1 Å². The summed E-state index contributed by atoms with van der Waals surface area (Å²) in [6, 6.07) is 21.0. The summed E-state index contributed by atoms with van der Waals surface area (Å²) in [5.74, 6) is -0.946. The van der Waals surface area contributed by atoms with Crippen molar-refractivity contribution in [3.05, 3.63) is 84.4 Å². The van der Waals surface area contributed by atoms with E-state index in [1.54, 1.807) is 36.4 Å². The quantitative estimate of drug-likeness (QED) is 0.231. The second kappa shape index (κ2) is 12.3. The Kier molecular flexibility index (Phi) is 9.18. The number of rotatable bonds is 11. The van der Waals surface area contributed by atoms with Crippen LogP contribution in [0.15, 0.2) is 83.8 Å². The summed E-state index contributed by atoms with van der Waals surface area (Å²) in [6.45, 7) is 3.65. The molecule has 0 saturated heterocycles. The number of carbonyl (C=O) groups excluding carboxylic acids is 2. The van der Waals surface area contributed by atoms with Crippen LogP contribution in [-0.4, -0.2) is 44.1 Å². The van der Waals surface area contributed by atoms with Gasteiger partial charge in [0, 0.05) is 23.7 Å². The summed E-state index contributed by atoms with van der Waals surface area (Å²) in [6.07, 6.45) is -0.304. The summed E-state index contributed by atoms with van der Waals surface area (Å²) in [7, 11) is -4.19. The van der Waals surface area contributed by atoms with Gasteiger partial charge in [-0.2, -0.15) is 4.72 Å². The van der Waals surface area contributed by atoms with Gasteiger partial charge in [0.25, 0.3) is 11.8 Å². The topological polar surface area (TPSA) is 134 Å². The maximum Gasteiger partial charge on any atom is 0.261 e.